The maximum absolute atomic E-state index is 13.0. The predicted octanol–water partition coefficient (Wildman–Crippen LogP) is 5.10. The second-order valence-electron chi connectivity index (χ2n) is 7.69. The largest absolute Gasteiger partial charge is 0.495 e. The third-order valence-corrected chi connectivity index (χ3v) is 6.45. The molecule has 3 aromatic rings. The number of amides is 1. The summed E-state index contributed by atoms with van der Waals surface area (Å²) in [6.07, 6.45) is -4.45. The molecular formula is C24H23F3N2O4S. The zero-order valence-electron chi connectivity index (χ0n) is 18.7. The highest BCUT2D eigenvalue weighted by molar-refractivity contribution is 7.92. The van der Waals surface area contributed by atoms with Crippen LogP contribution in [0.1, 0.15) is 27.0 Å². The predicted molar refractivity (Wildman–Crippen MR) is 122 cm³/mol. The lowest BCUT2D eigenvalue weighted by Crippen LogP contribution is -2.26. The van der Waals surface area contributed by atoms with Crippen LogP contribution < -0.4 is 9.46 Å². The van der Waals surface area contributed by atoms with E-state index in [1.54, 1.807) is 24.3 Å². The van der Waals surface area contributed by atoms with Crippen LogP contribution in [-0.2, 0) is 22.7 Å². The molecule has 0 bridgehead atoms. The van der Waals surface area contributed by atoms with E-state index in [1.165, 1.54) is 49.4 Å². The van der Waals surface area contributed by atoms with Crippen LogP contribution in [0.2, 0.25) is 0 Å². The lowest BCUT2D eigenvalue weighted by molar-refractivity contribution is -0.137. The van der Waals surface area contributed by atoms with Crippen molar-refractivity contribution < 1.29 is 31.1 Å². The summed E-state index contributed by atoms with van der Waals surface area (Å²) in [5.41, 5.74) is 1.11. The van der Waals surface area contributed by atoms with Gasteiger partial charge < -0.3 is 9.64 Å². The molecule has 0 aromatic heterocycles. The van der Waals surface area contributed by atoms with Gasteiger partial charge in [0.1, 0.15) is 10.6 Å². The van der Waals surface area contributed by atoms with Crippen LogP contribution in [0, 0.1) is 6.92 Å². The smallest absolute Gasteiger partial charge is 0.416 e. The Kier molecular flexibility index (Phi) is 7.21. The van der Waals surface area contributed by atoms with Crippen molar-refractivity contribution in [3.63, 3.8) is 0 Å². The number of rotatable bonds is 7. The molecule has 0 aliphatic rings. The molecule has 0 radical (unpaired) electrons. The summed E-state index contributed by atoms with van der Waals surface area (Å²) in [7, 11) is -1.29. The number of sulfonamides is 1. The molecule has 0 aliphatic heterocycles. The highest BCUT2D eigenvalue weighted by atomic mass is 32.2. The summed E-state index contributed by atoms with van der Waals surface area (Å²) < 4.78 is 71.9. The summed E-state index contributed by atoms with van der Waals surface area (Å²) in [5, 5.41) is 0. The molecule has 180 valence electrons. The van der Waals surface area contributed by atoms with Gasteiger partial charge in [0, 0.05) is 24.8 Å². The fraction of sp³-hybridized carbons (Fsp3) is 0.208. The monoisotopic (exact) mass is 492 g/mol. The summed E-state index contributed by atoms with van der Waals surface area (Å²) in [5.74, 6) is -0.448. The molecule has 0 saturated carbocycles. The van der Waals surface area contributed by atoms with Crippen molar-refractivity contribution in [3.8, 4) is 5.75 Å². The van der Waals surface area contributed by atoms with Crippen LogP contribution >= 0.6 is 0 Å². The van der Waals surface area contributed by atoms with Gasteiger partial charge in [-0.25, -0.2) is 8.42 Å². The molecule has 0 fully saturated rings. The second kappa shape index (κ2) is 9.76. The molecule has 1 amide bonds. The molecule has 0 unspecified atom stereocenters. The summed E-state index contributed by atoms with van der Waals surface area (Å²) >= 11 is 0. The average molecular weight is 493 g/mol. The Morgan fingerprint density at radius 3 is 2.18 bits per heavy atom. The first-order valence-corrected chi connectivity index (χ1v) is 11.6. The molecule has 3 rings (SSSR count). The number of halogens is 3. The highest BCUT2D eigenvalue weighted by Gasteiger charge is 2.30. The van der Waals surface area contributed by atoms with Gasteiger partial charge in [-0.05, 0) is 55.0 Å². The third kappa shape index (κ3) is 5.88. The number of alkyl halides is 3. The Hall–Kier alpha value is -3.53. The minimum absolute atomic E-state index is 0.0344. The fourth-order valence-corrected chi connectivity index (χ4v) is 4.47. The van der Waals surface area contributed by atoms with Gasteiger partial charge in [-0.1, -0.05) is 29.8 Å². The van der Waals surface area contributed by atoms with Crippen molar-refractivity contribution in [2.45, 2.75) is 24.5 Å². The molecule has 6 nitrogen and oxygen atoms in total. The first kappa shape index (κ1) is 25.1. The lowest BCUT2D eigenvalue weighted by Gasteiger charge is -2.19. The van der Waals surface area contributed by atoms with Crippen molar-refractivity contribution in [1.82, 2.24) is 4.90 Å². The number of ether oxygens (including phenoxy) is 1. The molecular weight excluding hydrogens is 469 g/mol. The van der Waals surface area contributed by atoms with E-state index in [1.807, 2.05) is 6.92 Å². The van der Waals surface area contributed by atoms with E-state index < -0.39 is 27.7 Å². The third-order valence-electron chi connectivity index (χ3n) is 5.05. The Balaban J connectivity index is 1.83. The van der Waals surface area contributed by atoms with Gasteiger partial charge in [0.05, 0.1) is 12.7 Å². The number of hydrogen-bond acceptors (Lipinski definition) is 4. The lowest BCUT2D eigenvalue weighted by atomic mass is 10.1. The van der Waals surface area contributed by atoms with Gasteiger partial charge in [-0.15, -0.1) is 0 Å². The summed E-state index contributed by atoms with van der Waals surface area (Å²) in [4.78, 5) is 14.0. The number of methoxy groups -OCH3 is 1. The van der Waals surface area contributed by atoms with Crippen molar-refractivity contribution >= 4 is 21.6 Å². The quantitative estimate of drug-likeness (QED) is 0.498. The van der Waals surface area contributed by atoms with Crippen LogP contribution in [0.15, 0.2) is 71.6 Å². The summed E-state index contributed by atoms with van der Waals surface area (Å²) in [6, 6.07) is 15.2. The van der Waals surface area contributed by atoms with Gasteiger partial charge in [0.2, 0.25) is 0 Å². The maximum atomic E-state index is 13.0. The van der Waals surface area contributed by atoms with Crippen molar-refractivity contribution in [2.75, 3.05) is 18.9 Å². The highest BCUT2D eigenvalue weighted by Crippen LogP contribution is 2.30. The van der Waals surface area contributed by atoms with Gasteiger partial charge in [-0.2, -0.15) is 13.2 Å². The first-order chi connectivity index (χ1) is 15.9. The number of nitrogens with zero attached hydrogens (tertiary/aromatic N) is 1. The SMILES string of the molecule is COc1ccc(C(=O)N(C)Cc2ccc(C(F)(F)F)cc2)cc1S(=O)(=O)Nc1ccc(C)cc1. The second-order valence-corrected chi connectivity index (χ2v) is 9.34. The van der Waals surface area contributed by atoms with E-state index in [0.29, 0.717) is 11.3 Å². The summed E-state index contributed by atoms with van der Waals surface area (Å²) in [6.45, 7) is 1.91. The molecule has 3 aromatic carbocycles. The number of carbonyl (C=O) groups is 1. The van der Waals surface area contributed by atoms with E-state index >= 15 is 0 Å². The van der Waals surface area contributed by atoms with E-state index in [2.05, 4.69) is 4.72 Å². The van der Waals surface area contributed by atoms with Gasteiger partial charge in [0.25, 0.3) is 15.9 Å². The molecule has 1 N–H and O–H groups in total. The number of hydrogen-bond donors (Lipinski definition) is 1. The fourth-order valence-electron chi connectivity index (χ4n) is 3.22. The normalized spacial score (nSPS) is 11.7. The number of anilines is 1. The van der Waals surface area contributed by atoms with E-state index in [9.17, 15) is 26.4 Å². The van der Waals surface area contributed by atoms with E-state index in [0.717, 1.165) is 17.7 Å². The van der Waals surface area contributed by atoms with Crippen LogP contribution in [0.3, 0.4) is 0 Å². The molecule has 0 saturated heterocycles. The minimum Gasteiger partial charge on any atom is -0.495 e. The standard InChI is InChI=1S/C24H23F3N2O4S/c1-16-4-11-20(12-5-16)28-34(31,32)22-14-18(8-13-21(22)33-3)23(30)29(2)15-17-6-9-19(10-7-17)24(25,26)27/h4-14,28H,15H2,1-3H3. The number of aryl methyl sites for hydroxylation is 1. The number of nitrogens with one attached hydrogen (secondary N) is 1. The van der Waals surface area contributed by atoms with Gasteiger partial charge >= 0.3 is 6.18 Å². The molecule has 0 aliphatic carbocycles. The molecule has 34 heavy (non-hydrogen) atoms. The molecule has 0 atom stereocenters. The van der Waals surface area contributed by atoms with Crippen molar-refractivity contribution in [1.29, 1.82) is 0 Å². The van der Waals surface area contributed by atoms with Crippen LogP contribution in [-0.4, -0.2) is 33.4 Å². The Labute approximate surface area is 196 Å². The molecule has 10 heteroatoms. The Morgan fingerprint density at radius 1 is 1.00 bits per heavy atom. The van der Waals surface area contributed by atoms with Gasteiger partial charge in [0.15, 0.2) is 0 Å². The topological polar surface area (TPSA) is 75.7 Å². The minimum atomic E-state index is -4.45. The van der Waals surface area contributed by atoms with E-state index in [-0.39, 0.29) is 22.8 Å². The maximum Gasteiger partial charge on any atom is 0.416 e. The molecule has 0 heterocycles. The number of benzene rings is 3. The van der Waals surface area contributed by atoms with Crippen LogP contribution in [0.5, 0.6) is 5.75 Å². The zero-order chi connectivity index (χ0) is 25.1. The Bertz CT molecular complexity index is 1270. The average Bonchev–Trinajstić information content (AvgIpc) is 2.79. The molecule has 0 spiro atoms. The zero-order valence-corrected chi connectivity index (χ0v) is 19.5. The van der Waals surface area contributed by atoms with E-state index in [4.69, 9.17) is 4.74 Å². The van der Waals surface area contributed by atoms with Crippen molar-refractivity contribution in [3.05, 3.63) is 89.0 Å². The first-order valence-electron chi connectivity index (χ1n) is 10.1. The van der Waals surface area contributed by atoms with Crippen molar-refractivity contribution in [2.24, 2.45) is 0 Å². The van der Waals surface area contributed by atoms with Crippen LogP contribution in [0.4, 0.5) is 18.9 Å². The van der Waals surface area contributed by atoms with Gasteiger partial charge in [-0.3, -0.25) is 9.52 Å². The Morgan fingerprint density at radius 2 is 1.62 bits per heavy atom. The van der Waals surface area contributed by atoms with Crippen LogP contribution in [0.25, 0.3) is 0 Å². The number of carbonyl (C=O) groups excluding carboxylic acids is 1.